The van der Waals surface area contributed by atoms with Crippen LogP contribution in [0, 0.1) is 6.92 Å². The molecule has 0 amide bonds. The van der Waals surface area contributed by atoms with Crippen LogP contribution in [0.4, 0.5) is 0 Å². The Kier molecular flexibility index (Phi) is 4.67. The Morgan fingerprint density at radius 1 is 1.19 bits per heavy atom. The van der Waals surface area contributed by atoms with E-state index in [2.05, 4.69) is 14.5 Å². The normalized spacial score (nSPS) is 17.5. The molecule has 0 spiro atoms. The number of imidazole rings is 1. The largest absolute Gasteiger partial charge is 0.439 e. The van der Waals surface area contributed by atoms with Gasteiger partial charge in [-0.05, 0) is 38.4 Å². The number of aromatic nitrogens is 4. The quantitative estimate of drug-likeness (QED) is 0.704. The van der Waals surface area contributed by atoms with Crippen LogP contribution in [0.5, 0.6) is 11.6 Å². The third kappa shape index (κ3) is 3.60. The van der Waals surface area contributed by atoms with Gasteiger partial charge < -0.3 is 9.30 Å². The van der Waals surface area contributed by atoms with E-state index in [1.807, 2.05) is 62.9 Å². The highest BCUT2D eigenvalue weighted by Gasteiger charge is 2.29. The monoisotopic (exact) mass is 349 g/mol. The Bertz CT molecular complexity index is 877. The summed E-state index contributed by atoms with van der Waals surface area (Å²) in [6, 6.07) is 11.8. The molecule has 1 aliphatic rings. The van der Waals surface area contributed by atoms with Crippen molar-refractivity contribution in [2.45, 2.75) is 32.4 Å². The summed E-state index contributed by atoms with van der Waals surface area (Å²) in [6.45, 7) is 3.89. The van der Waals surface area contributed by atoms with Gasteiger partial charge in [0.2, 0.25) is 5.88 Å². The third-order valence-electron chi connectivity index (χ3n) is 4.76. The number of hydrogen-bond acceptors (Lipinski definition) is 5. The van der Waals surface area contributed by atoms with E-state index in [0.717, 1.165) is 43.2 Å². The van der Waals surface area contributed by atoms with Crippen LogP contribution < -0.4 is 4.74 Å². The van der Waals surface area contributed by atoms with Gasteiger partial charge in [-0.2, -0.15) is 4.98 Å². The zero-order chi connectivity index (χ0) is 17.9. The van der Waals surface area contributed by atoms with Crippen molar-refractivity contribution in [3.05, 3.63) is 66.1 Å². The van der Waals surface area contributed by atoms with E-state index in [0.29, 0.717) is 5.88 Å². The number of para-hydroxylation sites is 1. The molecule has 1 atom stereocenters. The lowest BCUT2D eigenvalue weighted by Crippen LogP contribution is -2.25. The topological polar surface area (TPSA) is 56.1 Å². The first-order chi connectivity index (χ1) is 12.7. The van der Waals surface area contributed by atoms with Gasteiger partial charge in [0.15, 0.2) is 0 Å². The predicted octanol–water partition coefficient (Wildman–Crippen LogP) is 3.65. The molecule has 3 aromatic rings. The Hall–Kier alpha value is -2.73. The standard InChI is InChI=1S/C20H23N5O/c1-15-11-19(26-17-7-4-3-5-8-17)23-20(22-15)18-9-6-10-25(18)13-16-12-21-14-24(16)2/h3-5,7-8,11-12,14,18H,6,9-10,13H2,1-2H3/t18-/m1/s1. The van der Waals surface area contributed by atoms with E-state index < -0.39 is 0 Å². The molecule has 1 aromatic carbocycles. The molecule has 1 aliphatic heterocycles. The fraction of sp³-hybridized carbons (Fsp3) is 0.350. The molecular formula is C20H23N5O. The van der Waals surface area contributed by atoms with Crippen LogP contribution >= 0.6 is 0 Å². The van der Waals surface area contributed by atoms with Crippen LogP contribution in [-0.2, 0) is 13.6 Å². The second-order valence-electron chi connectivity index (χ2n) is 6.75. The molecule has 26 heavy (non-hydrogen) atoms. The number of ether oxygens (including phenoxy) is 1. The fourth-order valence-electron chi connectivity index (χ4n) is 3.43. The van der Waals surface area contributed by atoms with Crippen molar-refractivity contribution >= 4 is 0 Å². The zero-order valence-electron chi connectivity index (χ0n) is 15.2. The molecule has 0 bridgehead atoms. The van der Waals surface area contributed by atoms with E-state index >= 15 is 0 Å². The summed E-state index contributed by atoms with van der Waals surface area (Å²) < 4.78 is 8.00. The average Bonchev–Trinajstić information content (AvgIpc) is 3.25. The zero-order valence-corrected chi connectivity index (χ0v) is 15.2. The van der Waals surface area contributed by atoms with Gasteiger partial charge in [0.05, 0.1) is 18.1 Å². The summed E-state index contributed by atoms with van der Waals surface area (Å²) in [7, 11) is 2.03. The first-order valence-electron chi connectivity index (χ1n) is 8.97. The van der Waals surface area contributed by atoms with E-state index in [9.17, 15) is 0 Å². The number of benzene rings is 1. The lowest BCUT2D eigenvalue weighted by atomic mass is 10.2. The first kappa shape index (κ1) is 16.7. The third-order valence-corrected chi connectivity index (χ3v) is 4.76. The highest BCUT2D eigenvalue weighted by Crippen LogP contribution is 2.32. The highest BCUT2D eigenvalue weighted by molar-refractivity contribution is 5.27. The molecule has 0 N–H and O–H groups in total. The van der Waals surface area contributed by atoms with E-state index in [4.69, 9.17) is 14.7 Å². The van der Waals surface area contributed by atoms with Crippen molar-refractivity contribution in [1.29, 1.82) is 0 Å². The minimum atomic E-state index is 0.211. The number of aryl methyl sites for hydroxylation is 2. The van der Waals surface area contributed by atoms with Crippen LogP contribution in [0.3, 0.4) is 0 Å². The van der Waals surface area contributed by atoms with Gasteiger partial charge in [-0.3, -0.25) is 4.90 Å². The molecule has 2 aromatic heterocycles. The molecule has 6 heteroatoms. The molecule has 0 saturated carbocycles. The van der Waals surface area contributed by atoms with Gasteiger partial charge >= 0.3 is 0 Å². The summed E-state index contributed by atoms with van der Waals surface area (Å²) in [5.74, 6) is 2.23. The van der Waals surface area contributed by atoms with Crippen LogP contribution in [-0.4, -0.2) is 31.0 Å². The lowest BCUT2D eigenvalue weighted by Gasteiger charge is -2.23. The molecule has 6 nitrogen and oxygen atoms in total. The van der Waals surface area contributed by atoms with Gasteiger partial charge in [-0.15, -0.1) is 0 Å². The number of likely N-dealkylation sites (tertiary alicyclic amines) is 1. The first-order valence-corrected chi connectivity index (χ1v) is 8.97. The van der Waals surface area contributed by atoms with E-state index in [1.54, 1.807) is 0 Å². The number of rotatable bonds is 5. The second-order valence-corrected chi connectivity index (χ2v) is 6.75. The van der Waals surface area contributed by atoms with Crippen LogP contribution in [0.2, 0.25) is 0 Å². The second kappa shape index (κ2) is 7.25. The maximum Gasteiger partial charge on any atom is 0.222 e. The fourth-order valence-corrected chi connectivity index (χ4v) is 3.43. The molecule has 3 heterocycles. The maximum absolute atomic E-state index is 5.94. The smallest absolute Gasteiger partial charge is 0.222 e. The van der Waals surface area contributed by atoms with Crippen LogP contribution in [0.25, 0.3) is 0 Å². The molecule has 0 aliphatic carbocycles. The molecule has 0 radical (unpaired) electrons. The SMILES string of the molecule is Cc1cc(Oc2ccccc2)nc([C@H]2CCCN2Cc2cncn2C)n1. The molecule has 0 unspecified atom stereocenters. The van der Waals surface area contributed by atoms with Gasteiger partial charge in [-0.25, -0.2) is 9.97 Å². The molecule has 134 valence electrons. The maximum atomic E-state index is 5.94. The Morgan fingerprint density at radius 2 is 2.04 bits per heavy atom. The minimum absolute atomic E-state index is 0.211. The van der Waals surface area contributed by atoms with E-state index in [-0.39, 0.29) is 6.04 Å². The summed E-state index contributed by atoms with van der Waals surface area (Å²) >= 11 is 0. The summed E-state index contributed by atoms with van der Waals surface area (Å²) in [6.07, 6.45) is 5.98. The molecule has 4 rings (SSSR count). The van der Waals surface area contributed by atoms with Crippen molar-refractivity contribution in [1.82, 2.24) is 24.4 Å². The molecule has 1 fully saturated rings. The van der Waals surface area contributed by atoms with Crippen LogP contribution in [0.15, 0.2) is 48.9 Å². The van der Waals surface area contributed by atoms with Gasteiger partial charge in [0, 0.05) is 31.5 Å². The Labute approximate surface area is 153 Å². The Balaban J connectivity index is 1.57. The summed E-state index contributed by atoms with van der Waals surface area (Å²) in [4.78, 5) is 16.1. The van der Waals surface area contributed by atoms with Gasteiger partial charge in [0.1, 0.15) is 11.6 Å². The van der Waals surface area contributed by atoms with Crippen molar-refractivity contribution in [3.63, 3.8) is 0 Å². The van der Waals surface area contributed by atoms with E-state index in [1.165, 1.54) is 5.69 Å². The predicted molar refractivity (Wildman–Crippen MR) is 98.9 cm³/mol. The summed E-state index contributed by atoms with van der Waals surface area (Å²) in [5.41, 5.74) is 2.12. The minimum Gasteiger partial charge on any atom is -0.439 e. The Morgan fingerprint density at radius 3 is 2.81 bits per heavy atom. The van der Waals surface area contributed by atoms with Crippen LogP contribution in [0.1, 0.15) is 36.1 Å². The average molecular weight is 349 g/mol. The van der Waals surface area contributed by atoms with Crippen molar-refractivity contribution in [2.75, 3.05) is 6.54 Å². The number of nitrogens with zero attached hydrogens (tertiary/aromatic N) is 5. The van der Waals surface area contributed by atoms with Gasteiger partial charge in [0.25, 0.3) is 0 Å². The highest BCUT2D eigenvalue weighted by atomic mass is 16.5. The molecular weight excluding hydrogens is 326 g/mol. The lowest BCUT2D eigenvalue weighted by molar-refractivity contribution is 0.233. The molecule has 1 saturated heterocycles. The summed E-state index contributed by atoms with van der Waals surface area (Å²) in [5, 5.41) is 0. The number of hydrogen-bond donors (Lipinski definition) is 0. The van der Waals surface area contributed by atoms with Gasteiger partial charge in [-0.1, -0.05) is 18.2 Å². The van der Waals surface area contributed by atoms with Crippen molar-refractivity contribution in [3.8, 4) is 11.6 Å². The van der Waals surface area contributed by atoms with Crippen molar-refractivity contribution < 1.29 is 4.74 Å². The van der Waals surface area contributed by atoms with Crippen molar-refractivity contribution in [2.24, 2.45) is 7.05 Å².